The fourth-order valence-electron chi connectivity index (χ4n) is 2.56. The molecule has 1 amide bonds. The highest BCUT2D eigenvalue weighted by atomic mass is 35.5. The molecule has 1 saturated heterocycles. The van der Waals surface area contributed by atoms with Crippen molar-refractivity contribution in [2.24, 2.45) is 0 Å². The average molecular weight is 295 g/mol. The molecule has 1 aliphatic heterocycles. The number of amides is 1. The Balaban J connectivity index is 1.81. The highest BCUT2D eigenvalue weighted by molar-refractivity contribution is 6.31. The van der Waals surface area contributed by atoms with Gasteiger partial charge in [-0.05, 0) is 50.6 Å². The van der Waals surface area contributed by atoms with Crippen LogP contribution in [0.1, 0.15) is 37.7 Å². The van der Waals surface area contributed by atoms with Crippen LogP contribution in [0.25, 0.3) is 0 Å². The summed E-state index contributed by atoms with van der Waals surface area (Å²) in [5.41, 5.74) is 1.86. The van der Waals surface area contributed by atoms with Gasteiger partial charge < -0.3 is 10.2 Å². The second-order valence-corrected chi connectivity index (χ2v) is 5.95. The minimum Gasteiger partial charge on any atom is -0.326 e. The lowest BCUT2D eigenvalue weighted by Gasteiger charge is -2.19. The van der Waals surface area contributed by atoms with Crippen molar-refractivity contribution in [2.45, 2.75) is 39.0 Å². The number of carbonyl (C=O) groups is 1. The quantitative estimate of drug-likeness (QED) is 0.915. The van der Waals surface area contributed by atoms with Gasteiger partial charge in [-0.25, -0.2) is 0 Å². The number of hydrogen-bond donors (Lipinski definition) is 1. The van der Waals surface area contributed by atoms with Crippen LogP contribution < -0.4 is 5.32 Å². The summed E-state index contributed by atoms with van der Waals surface area (Å²) in [6, 6.07) is 5.57. The smallest absolute Gasteiger partial charge is 0.225 e. The second kappa shape index (κ2) is 7.65. The SMILES string of the molecule is Cc1ccc(Cl)cc1NC(=O)CCN1CCCCCC1. The van der Waals surface area contributed by atoms with E-state index in [1.807, 2.05) is 19.1 Å². The molecule has 1 aromatic rings. The number of nitrogens with one attached hydrogen (secondary N) is 1. The number of halogens is 1. The van der Waals surface area contributed by atoms with Crippen molar-refractivity contribution in [2.75, 3.05) is 25.0 Å². The number of anilines is 1. The maximum Gasteiger partial charge on any atom is 0.225 e. The van der Waals surface area contributed by atoms with Gasteiger partial charge in [0.2, 0.25) is 5.91 Å². The summed E-state index contributed by atoms with van der Waals surface area (Å²) in [4.78, 5) is 14.4. The largest absolute Gasteiger partial charge is 0.326 e. The van der Waals surface area contributed by atoms with Crippen molar-refractivity contribution in [3.8, 4) is 0 Å². The maximum atomic E-state index is 12.0. The van der Waals surface area contributed by atoms with E-state index in [0.717, 1.165) is 30.9 Å². The maximum absolute atomic E-state index is 12.0. The first kappa shape index (κ1) is 15.3. The van der Waals surface area contributed by atoms with Gasteiger partial charge >= 0.3 is 0 Å². The molecular weight excluding hydrogens is 272 g/mol. The van der Waals surface area contributed by atoms with Crippen molar-refractivity contribution in [3.05, 3.63) is 28.8 Å². The second-order valence-electron chi connectivity index (χ2n) is 5.51. The minimum atomic E-state index is 0.0691. The first-order chi connectivity index (χ1) is 9.65. The molecule has 0 aromatic heterocycles. The molecule has 4 heteroatoms. The van der Waals surface area contributed by atoms with Crippen LogP contribution in [0.5, 0.6) is 0 Å². The van der Waals surface area contributed by atoms with Crippen molar-refractivity contribution in [1.82, 2.24) is 4.90 Å². The molecule has 1 N–H and O–H groups in total. The average Bonchev–Trinajstić information content (AvgIpc) is 2.69. The van der Waals surface area contributed by atoms with E-state index in [4.69, 9.17) is 11.6 Å². The number of likely N-dealkylation sites (tertiary alicyclic amines) is 1. The molecular formula is C16H23ClN2O. The summed E-state index contributed by atoms with van der Waals surface area (Å²) in [6.45, 7) is 5.08. The standard InChI is InChI=1S/C16H23ClN2O/c1-13-6-7-14(17)12-15(13)18-16(20)8-11-19-9-4-2-3-5-10-19/h6-7,12H,2-5,8-11H2,1H3,(H,18,20). The van der Waals surface area contributed by atoms with Crippen LogP contribution >= 0.6 is 11.6 Å². The third-order valence-corrected chi connectivity index (χ3v) is 4.06. The summed E-state index contributed by atoms with van der Waals surface area (Å²) < 4.78 is 0. The number of nitrogens with zero attached hydrogens (tertiary/aromatic N) is 1. The summed E-state index contributed by atoms with van der Waals surface area (Å²) >= 11 is 5.96. The molecule has 1 heterocycles. The topological polar surface area (TPSA) is 32.3 Å². The molecule has 1 fully saturated rings. The molecule has 0 spiro atoms. The first-order valence-corrected chi connectivity index (χ1v) is 7.81. The van der Waals surface area contributed by atoms with Crippen molar-refractivity contribution in [3.63, 3.8) is 0 Å². The molecule has 0 radical (unpaired) electrons. The van der Waals surface area contributed by atoms with Gasteiger partial charge in [0.25, 0.3) is 0 Å². The molecule has 1 aromatic carbocycles. The van der Waals surface area contributed by atoms with Crippen LogP contribution in [-0.2, 0) is 4.79 Å². The highest BCUT2D eigenvalue weighted by Gasteiger charge is 2.11. The Kier molecular flexibility index (Phi) is 5.86. The van der Waals surface area contributed by atoms with Crippen LogP contribution in [0.4, 0.5) is 5.69 Å². The molecule has 0 saturated carbocycles. The van der Waals surface area contributed by atoms with Gasteiger partial charge in [-0.2, -0.15) is 0 Å². The number of carbonyl (C=O) groups excluding carboxylic acids is 1. The molecule has 110 valence electrons. The van der Waals surface area contributed by atoms with Gasteiger partial charge in [-0.15, -0.1) is 0 Å². The Morgan fingerprint density at radius 3 is 2.65 bits per heavy atom. The zero-order valence-electron chi connectivity index (χ0n) is 12.1. The minimum absolute atomic E-state index is 0.0691. The van der Waals surface area contributed by atoms with Gasteiger partial charge in [-0.3, -0.25) is 4.79 Å². The third kappa shape index (κ3) is 4.80. The van der Waals surface area contributed by atoms with E-state index in [-0.39, 0.29) is 5.91 Å². The van der Waals surface area contributed by atoms with E-state index in [9.17, 15) is 4.79 Å². The lowest BCUT2D eigenvalue weighted by molar-refractivity contribution is -0.116. The van der Waals surface area contributed by atoms with E-state index in [2.05, 4.69) is 10.2 Å². The highest BCUT2D eigenvalue weighted by Crippen LogP contribution is 2.20. The molecule has 20 heavy (non-hydrogen) atoms. The monoisotopic (exact) mass is 294 g/mol. The molecule has 0 aliphatic carbocycles. The van der Waals surface area contributed by atoms with Crippen LogP contribution in [0.2, 0.25) is 5.02 Å². The normalized spacial score (nSPS) is 16.7. The molecule has 0 atom stereocenters. The number of rotatable bonds is 4. The van der Waals surface area contributed by atoms with Gasteiger partial charge in [0.05, 0.1) is 0 Å². The van der Waals surface area contributed by atoms with Crippen LogP contribution in [-0.4, -0.2) is 30.4 Å². The predicted octanol–water partition coefficient (Wildman–Crippen LogP) is 3.85. The molecule has 2 rings (SSSR count). The Morgan fingerprint density at radius 2 is 1.95 bits per heavy atom. The fraction of sp³-hybridized carbons (Fsp3) is 0.562. The van der Waals surface area contributed by atoms with E-state index in [1.54, 1.807) is 6.07 Å². The van der Waals surface area contributed by atoms with Crippen molar-refractivity contribution < 1.29 is 4.79 Å². The third-order valence-electron chi connectivity index (χ3n) is 3.83. The number of aryl methyl sites for hydroxylation is 1. The van der Waals surface area contributed by atoms with Gasteiger partial charge in [0, 0.05) is 23.7 Å². The van der Waals surface area contributed by atoms with Crippen molar-refractivity contribution >= 4 is 23.2 Å². The van der Waals surface area contributed by atoms with E-state index in [1.165, 1.54) is 25.7 Å². The lowest BCUT2D eigenvalue weighted by atomic mass is 10.2. The van der Waals surface area contributed by atoms with Crippen molar-refractivity contribution in [1.29, 1.82) is 0 Å². The summed E-state index contributed by atoms with van der Waals surface area (Å²) in [6.07, 6.45) is 5.71. The zero-order valence-corrected chi connectivity index (χ0v) is 12.9. The molecule has 0 bridgehead atoms. The molecule has 1 aliphatic rings. The number of hydrogen-bond acceptors (Lipinski definition) is 2. The summed E-state index contributed by atoms with van der Waals surface area (Å²) in [5.74, 6) is 0.0691. The first-order valence-electron chi connectivity index (χ1n) is 7.43. The van der Waals surface area contributed by atoms with Gasteiger partial charge in [-0.1, -0.05) is 30.5 Å². The van der Waals surface area contributed by atoms with E-state index in [0.29, 0.717) is 11.4 Å². The summed E-state index contributed by atoms with van der Waals surface area (Å²) in [5, 5.41) is 3.61. The van der Waals surface area contributed by atoms with E-state index < -0.39 is 0 Å². The Labute approximate surface area is 126 Å². The summed E-state index contributed by atoms with van der Waals surface area (Å²) in [7, 11) is 0. The zero-order chi connectivity index (χ0) is 14.4. The molecule has 3 nitrogen and oxygen atoms in total. The Morgan fingerprint density at radius 1 is 1.25 bits per heavy atom. The van der Waals surface area contributed by atoms with E-state index >= 15 is 0 Å². The van der Waals surface area contributed by atoms with Crippen LogP contribution in [0, 0.1) is 6.92 Å². The Bertz CT molecular complexity index is 454. The van der Waals surface area contributed by atoms with Crippen LogP contribution in [0.3, 0.4) is 0 Å². The molecule has 0 unspecified atom stereocenters. The van der Waals surface area contributed by atoms with Crippen LogP contribution in [0.15, 0.2) is 18.2 Å². The van der Waals surface area contributed by atoms with Gasteiger partial charge in [0.1, 0.15) is 0 Å². The lowest BCUT2D eigenvalue weighted by Crippen LogP contribution is -2.28. The Hall–Kier alpha value is -1.06. The number of benzene rings is 1. The fourth-order valence-corrected chi connectivity index (χ4v) is 2.73. The predicted molar refractivity (Wildman–Crippen MR) is 84.3 cm³/mol. The van der Waals surface area contributed by atoms with Gasteiger partial charge in [0.15, 0.2) is 0 Å².